The molecule has 1 aliphatic heterocycles. The molecular formula is C30H43N3O7. The van der Waals surface area contributed by atoms with Crippen LogP contribution in [0.1, 0.15) is 71.9 Å². The van der Waals surface area contributed by atoms with Crippen molar-refractivity contribution in [2.24, 2.45) is 5.41 Å². The van der Waals surface area contributed by atoms with Gasteiger partial charge in [-0.3, -0.25) is 9.59 Å². The van der Waals surface area contributed by atoms with Crippen LogP contribution < -0.4 is 10.6 Å². The van der Waals surface area contributed by atoms with E-state index in [9.17, 15) is 19.2 Å². The number of amides is 3. The van der Waals surface area contributed by atoms with Crippen LogP contribution in [0.4, 0.5) is 4.79 Å². The first kappa shape index (κ1) is 32.6. The Balaban J connectivity index is 2.14. The van der Waals surface area contributed by atoms with Crippen molar-refractivity contribution in [1.82, 2.24) is 15.5 Å². The Bertz CT molecular complexity index is 1070. The second-order valence-corrected chi connectivity index (χ2v) is 11.4. The Kier molecular flexibility index (Phi) is 12.0. The van der Waals surface area contributed by atoms with Crippen LogP contribution in [0, 0.1) is 17.8 Å². The zero-order valence-corrected chi connectivity index (χ0v) is 24.5. The van der Waals surface area contributed by atoms with Gasteiger partial charge in [0.2, 0.25) is 11.8 Å². The van der Waals surface area contributed by atoms with Gasteiger partial charge in [-0.05, 0) is 70.1 Å². The number of terminal acetylenes is 1. The van der Waals surface area contributed by atoms with Gasteiger partial charge < -0.3 is 29.7 Å². The highest BCUT2D eigenvalue weighted by atomic mass is 16.6. The third-order valence-electron chi connectivity index (χ3n) is 6.53. The van der Waals surface area contributed by atoms with Crippen LogP contribution >= 0.6 is 0 Å². The molecule has 1 aliphatic rings. The highest BCUT2D eigenvalue weighted by Crippen LogP contribution is 2.30. The molecule has 1 aromatic rings. The first-order chi connectivity index (χ1) is 18.8. The van der Waals surface area contributed by atoms with Crippen molar-refractivity contribution in [1.29, 1.82) is 0 Å². The van der Waals surface area contributed by atoms with Crippen molar-refractivity contribution in [2.45, 2.75) is 85.0 Å². The van der Waals surface area contributed by atoms with Crippen LogP contribution in [0.5, 0.6) is 0 Å². The second-order valence-electron chi connectivity index (χ2n) is 11.4. The molecule has 3 amide bonds. The van der Waals surface area contributed by atoms with Crippen LogP contribution in [-0.2, 0) is 35.1 Å². The van der Waals surface area contributed by atoms with E-state index in [2.05, 4.69) is 16.6 Å². The van der Waals surface area contributed by atoms with Crippen molar-refractivity contribution in [2.75, 3.05) is 26.4 Å². The molecule has 0 aliphatic carbocycles. The number of carbonyl (C=O) groups excluding carboxylic acids is 4. The quantitative estimate of drug-likeness (QED) is 0.230. The molecule has 220 valence electrons. The molecule has 1 saturated heterocycles. The fourth-order valence-electron chi connectivity index (χ4n) is 4.35. The number of nitrogens with one attached hydrogen (secondary N) is 2. The number of rotatable bonds is 12. The number of nitrogens with zero attached hydrogens (tertiary/aromatic N) is 1. The number of esters is 1. The molecule has 1 fully saturated rings. The molecular weight excluding hydrogens is 514 g/mol. The normalized spacial score (nSPS) is 16.0. The van der Waals surface area contributed by atoms with Gasteiger partial charge in [0.1, 0.15) is 24.3 Å². The van der Waals surface area contributed by atoms with Crippen LogP contribution in [-0.4, -0.2) is 72.8 Å². The molecule has 1 heterocycles. The van der Waals surface area contributed by atoms with Crippen LogP contribution in [0.2, 0.25) is 0 Å². The summed E-state index contributed by atoms with van der Waals surface area (Å²) in [6.07, 6.45) is 6.18. The van der Waals surface area contributed by atoms with Crippen molar-refractivity contribution in [3.63, 3.8) is 0 Å². The fourth-order valence-corrected chi connectivity index (χ4v) is 4.35. The summed E-state index contributed by atoms with van der Waals surface area (Å²) in [7, 11) is 0. The third kappa shape index (κ3) is 10.2. The lowest BCUT2D eigenvalue weighted by molar-refractivity contribution is -0.149. The molecule has 2 unspecified atom stereocenters. The summed E-state index contributed by atoms with van der Waals surface area (Å²) in [5, 5.41) is 5.66. The van der Waals surface area contributed by atoms with Crippen molar-refractivity contribution >= 4 is 23.9 Å². The molecule has 2 atom stereocenters. The summed E-state index contributed by atoms with van der Waals surface area (Å²) >= 11 is 0. The first-order valence-corrected chi connectivity index (χ1v) is 13.6. The zero-order valence-electron chi connectivity index (χ0n) is 24.5. The molecule has 0 aromatic heterocycles. The van der Waals surface area contributed by atoms with Gasteiger partial charge in [-0.2, -0.15) is 0 Å². The van der Waals surface area contributed by atoms with Gasteiger partial charge in [0.05, 0.1) is 6.61 Å². The molecule has 0 bridgehead atoms. The summed E-state index contributed by atoms with van der Waals surface area (Å²) in [6.45, 7) is 11.5. The summed E-state index contributed by atoms with van der Waals surface area (Å²) in [6, 6.07) is 5.63. The minimum Gasteiger partial charge on any atom is -0.464 e. The maximum Gasteiger partial charge on any atom is 0.408 e. The molecule has 0 spiro atoms. The van der Waals surface area contributed by atoms with Gasteiger partial charge in [-0.25, -0.2) is 9.59 Å². The highest BCUT2D eigenvalue weighted by molar-refractivity contribution is 5.92. The van der Waals surface area contributed by atoms with Crippen molar-refractivity contribution in [3.05, 3.63) is 35.4 Å². The lowest BCUT2D eigenvalue weighted by atomic mass is 9.80. The van der Waals surface area contributed by atoms with E-state index in [0.717, 1.165) is 11.1 Å². The van der Waals surface area contributed by atoms with E-state index in [0.29, 0.717) is 32.4 Å². The minimum absolute atomic E-state index is 0.161. The van der Waals surface area contributed by atoms with Gasteiger partial charge >= 0.3 is 12.1 Å². The number of ether oxygens (including phenoxy) is 3. The standard InChI is InChI=1S/C30H43N3O7/c1-8-21-12-14-22(15-13-21)19-31-26(35)23-11-10-17-33(23)27(36)25(32-28(37)40-29(3,4)5)30(6,7)16-18-38-20-24(34)39-9-2/h1,12-15,23,25H,9-11,16-20H2,2-7H3,(H,31,35)(H,32,37). The van der Waals surface area contributed by atoms with E-state index in [1.165, 1.54) is 4.90 Å². The van der Waals surface area contributed by atoms with Crippen LogP contribution in [0.15, 0.2) is 24.3 Å². The van der Waals surface area contributed by atoms with Gasteiger partial charge in [0.15, 0.2) is 0 Å². The Morgan fingerprint density at radius 1 is 1.12 bits per heavy atom. The maximum atomic E-state index is 13.9. The van der Waals surface area contributed by atoms with E-state index in [-0.39, 0.29) is 31.6 Å². The van der Waals surface area contributed by atoms with Crippen LogP contribution in [0.3, 0.4) is 0 Å². The van der Waals surface area contributed by atoms with E-state index in [4.69, 9.17) is 20.6 Å². The smallest absolute Gasteiger partial charge is 0.408 e. The Morgan fingerprint density at radius 3 is 2.40 bits per heavy atom. The predicted molar refractivity (Wildman–Crippen MR) is 150 cm³/mol. The number of carbonyl (C=O) groups is 4. The highest BCUT2D eigenvalue weighted by Gasteiger charge is 2.44. The van der Waals surface area contributed by atoms with Gasteiger partial charge in [0, 0.05) is 25.3 Å². The van der Waals surface area contributed by atoms with E-state index in [1.807, 2.05) is 26.0 Å². The molecule has 10 heteroatoms. The summed E-state index contributed by atoms with van der Waals surface area (Å²) in [5.74, 6) is 1.44. The van der Waals surface area contributed by atoms with Gasteiger partial charge in [-0.15, -0.1) is 6.42 Å². The SMILES string of the molecule is C#Cc1ccc(CNC(=O)C2CCCN2C(=O)C(NC(=O)OC(C)(C)C)C(C)(C)CCOCC(=O)OCC)cc1. The summed E-state index contributed by atoms with van der Waals surface area (Å²) in [5.41, 5.74) is 0.0705. The number of hydrogen-bond donors (Lipinski definition) is 2. The fraction of sp³-hybridized carbons (Fsp3) is 0.600. The summed E-state index contributed by atoms with van der Waals surface area (Å²) < 4.78 is 15.8. The molecule has 40 heavy (non-hydrogen) atoms. The lowest BCUT2D eigenvalue weighted by Gasteiger charge is -2.38. The number of alkyl carbamates (subject to hydrolysis) is 1. The average Bonchev–Trinajstić information content (AvgIpc) is 3.38. The maximum absolute atomic E-state index is 13.9. The third-order valence-corrected chi connectivity index (χ3v) is 6.53. The molecule has 2 N–H and O–H groups in total. The monoisotopic (exact) mass is 557 g/mol. The second kappa shape index (κ2) is 14.7. The van der Waals surface area contributed by atoms with E-state index in [1.54, 1.807) is 39.8 Å². The topological polar surface area (TPSA) is 123 Å². The zero-order chi connectivity index (χ0) is 29.9. The molecule has 1 aromatic carbocycles. The first-order valence-electron chi connectivity index (χ1n) is 13.6. The summed E-state index contributed by atoms with van der Waals surface area (Å²) in [4.78, 5) is 53.0. The van der Waals surface area contributed by atoms with Crippen molar-refractivity contribution < 1.29 is 33.4 Å². The largest absolute Gasteiger partial charge is 0.464 e. The molecule has 2 rings (SSSR count). The Hall–Kier alpha value is -3.58. The average molecular weight is 558 g/mol. The number of likely N-dealkylation sites (tertiary alicyclic amines) is 1. The molecule has 0 radical (unpaired) electrons. The van der Waals surface area contributed by atoms with Gasteiger partial charge in [-0.1, -0.05) is 31.9 Å². The van der Waals surface area contributed by atoms with Crippen molar-refractivity contribution in [3.8, 4) is 12.3 Å². The Labute approximate surface area is 237 Å². The minimum atomic E-state index is -1.00. The van der Waals surface area contributed by atoms with E-state index < -0.39 is 35.2 Å². The van der Waals surface area contributed by atoms with Crippen LogP contribution in [0.25, 0.3) is 0 Å². The molecule has 0 saturated carbocycles. The molecule has 10 nitrogen and oxygen atoms in total. The van der Waals surface area contributed by atoms with Gasteiger partial charge in [0.25, 0.3) is 0 Å². The number of benzene rings is 1. The Morgan fingerprint density at radius 2 is 1.80 bits per heavy atom. The van der Waals surface area contributed by atoms with E-state index >= 15 is 0 Å². The predicted octanol–water partition coefficient (Wildman–Crippen LogP) is 3.16. The number of hydrogen-bond acceptors (Lipinski definition) is 7. The lowest BCUT2D eigenvalue weighted by Crippen LogP contribution is -2.58.